The first-order chi connectivity index (χ1) is 6.31. The van der Waals surface area contributed by atoms with Crippen LogP contribution in [0.25, 0.3) is 11.3 Å². The fourth-order valence-electron chi connectivity index (χ4n) is 1.26. The van der Waals surface area contributed by atoms with E-state index in [9.17, 15) is 0 Å². The molecule has 0 aliphatic heterocycles. The molecule has 0 atom stereocenters. The third kappa shape index (κ3) is 1.47. The highest BCUT2D eigenvalue weighted by molar-refractivity contribution is 7.16. The van der Waals surface area contributed by atoms with Gasteiger partial charge in [0.15, 0.2) is 0 Å². The summed E-state index contributed by atoms with van der Waals surface area (Å²) >= 11 is 1.63. The summed E-state index contributed by atoms with van der Waals surface area (Å²) in [5, 5.41) is 0.840. The van der Waals surface area contributed by atoms with Gasteiger partial charge in [0.2, 0.25) is 0 Å². The highest BCUT2D eigenvalue weighted by atomic mass is 32.1. The Hall–Kier alpha value is -1.22. The molecule has 2 N–H and O–H groups in total. The second-order valence-electron chi connectivity index (χ2n) is 2.82. The molecule has 0 amide bonds. The molecule has 0 bridgehead atoms. The van der Waals surface area contributed by atoms with E-state index in [-0.39, 0.29) is 0 Å². The predicted octanol–water partition coefficient (Wildman–Crippen LogP) is 3.15. The molecular formula is C10H11NOS. The van der Waals surface area contributed by atoms with Crippen molar-refractivity contribution >= 4 is 16.3 Å². The van der Waals surface area contributed by atoms with Gasteiger partial charge in [-0.15, -0.1) is 11.3 Å². The molecule has 0 saturated heterocycles. The van der Waals surface area contributed by atoms with E-state index in [1.165, 1.54) is 4.88 Å². The van der Waals surface area contributed by atoms with Gasteiger partial charge in [-0.05, 0) is 24.6 Å². The van der Waals surface area contributed by atoms with Crippen molar-refractivity contribution in [3.05, 3.63) is 29.3 Å². The van der Waals surface area contributed by atoms with Gasteiger partial charge in [0.25, 0.3) is 0 Å². The van der Waals surface area contributed by atoms with Crippen LogP contribution in [0.2, 0.25) is 0 Å². The van der Waals surface area contributed by atoms with Crippen molar-refractivity contribution in [2.45, 2.75) is 13.3 Å². The molecule has 0 aliphatic carbocycles. The average molecular weight is 193 g/mol. The minimum Gasteiger partial charge on any atom is -0.464 e. The van der Waals surface area contributed by atoms with E-state index in [0.717, 1.165) is 22.7 Å². The van der Waals surface area contributed by atoms with Gasteiger partial charge in [-0.25, -0.2) is 0 Å². The van der Waals surface area contributed by atoms with Crippen LogP contribution in [0.4, 0.5) is 5.00 Å². The Kier molecular flexibility index (Phi) is 2.10. The number of thiophene rings is 1. The summed E-state index contributed by atoms with van der Waals surface area (Å²) in [6.45, 7) is 2.12. The molecule has 0 aliphatic rings. The minimum atomic E-state index is 0.840. The zero-order valence-electron chi connectivity index (χ0n) is 7.41. The van der Waals surface area contributed by atoms with Gasteiger partial charge in [0.1, 0.15) is 5.76 Å². The SMILES string of the molecule is CCc1cc(-c2ccco2)c(N)s1. The monoisotopic (exact) mass is 193 g/mol. The first-order valence-electron chi connectivity index (χ1n) is 4.23. The normalized spacial score (nSPS) is 10.5. The van der Waals surface area contributed by atoms with Gasteiger partial charge >= 0.3 is 0 Å². The number of hydrogen-bond acceptors (Lipinski definition) is 3. The van der Waals surface area contributed by atoms with E-state index < -0.39 is 0 Å². The largest absolute Gasteiger partial charge is 0.464 e. The molecule has 2 aromatic rings. The van der Waals surface area contributed by atoms with Crippen molar-refractivity contribution in [1.29, 1.82) is 0 Å². The summed E-state index contributed by atoms with van der Waals surface area (Å²) in [4.78, 5) is 1.30. The molecular weight excluding hydrogens is 182 g/mol. The molecule has 2 nitrogen and oxygen atoms in total. The average Bonchev–Trinajstić information content (AvgIpc) is 2.72. The van der Waals surface area contributed by atoms with E-state index in [1.54, 1.807) is 17.6 Å². The van der Waals surface area contributed by atoms with E-state index in [0.29, 0.717) is 0 Å². The van der Waals surface area contributed by atoms with Crippen LogP contribution in [0.3, 0.4) is 0 Å². The summed E-state index contributed by atoms with van der Waals surface area (Å²) in [6.07, 6.45) is 2.69. The van der Waals surface area contributed by atoms with Crippen LogP contribution in [0.1, 0.15) is 11.8 Å². The Morgan fingerprint density at radius 2 is 2.38 bits per heavy atom. The second-order valence-corrected chi connectivity index (χ2v) is 3.99. The predicted molar refractivity (Wildman–Crippen MR) is 55.8 cm³/mol. The van der Waals surface area contributed by atoms with Crippen LogP contribution in [-0.2, 0) is 6.42 Å². The Morgan fingerprint density at radius 1 is 1.54 bits per heavy atom. The number of hydrogen-bond donors (Lipinski definition) is 1. The van der Waals surface area contributed by atoms with Gasteiger partial charge in [-0.2, -0.15) is 0 Å². The van der Waals surface area contributed by atoms with Gasteiger partial charge in [0.05, 0.1) is 16.8 Å². The summed E-state index contributed by atoms with van der Waals surface area (Å²) < 4.78 is 5.28. The van der Waals surface area contributed by atoms with E-state index >= 15 is 0 Å². The van der Waals surface area contributed by atoms with Crippen LogP contribution >= 0.6 is 11.3 Å². The maximum absolute atomic E-state index is 5.87. The lowest BCUT2D eigenvalue weighted by atomic mass is 10.2. The lowest BCUT2D eigenvalue weighted by Crippen LogP contribution is -1.80. The van der Waals surface area contributed by atoms with Crippen molar-refractivity contribution in [2.75, 3.05) is 5.73 Å². The van der Waals surface area contributed by atoms with E-state index in [2.05, 4.69) is 13.0 Å². The van der Waals surface area contributed by atoms with Crippen LogP contribution in [0.15, 0.2) is 28.9 Å². The molecule has 13 heavy (non-hydrogen) atoms. The molecule has 3 heteroatoms. The molecule has 2 heterocycles. The number of rotatable bonds is 2. The molecule has 0 aromatic carbocycles. The van der Waals surface area contributed by atoms with Crippen molar-refractivity contribution in [3.8, 4) is 11.3 Å². The fourth-order valence-corrected chi connectivity index (χ4v) is 2.13. The van der Waals surface area contributed by atoms with Crippen LogP contribution in [0.5, 0.6) is 0 Å². The summed E-state index contributed by atoms with van der Waals surface area (Å²) in [5.74, 6) is 0.855. The molecule has 0 spiro atoms. The quantitative estimate of drug-likeness (QED) is 0.795. The Bertz CT molecular complexity index is 389. The number of nitrogen functional groups attached to an aromatic ring is 1. The number of furan rings is 1. The highest BCUT2D eigenvalue weighted by Gasteiger charge is 2.08. The molecule has 0 unspecified atom stereocenters. The third-order valence-corrected chi connectivity index (χ3v) is 3.06. The zero-order valence-corrected chi connectivity index (χ0v) is 8.23. The standard InChI is InChI=1S/C10H11NOS/c1-2-7-6-8(10(11)13-7)9-4-3-5-12-9/h3-6H,2,11H2,1H3. The van der Waals surface area contributed by atoms with Gasteiger partial charge in [0, 0.05) is 4.88 Å². The second kappa shape index (κ2) is 3.26. The van der Waals surface area contributed by atoms with E-state index in [1.807, 2.05) is 12.1 Å². The van der Waals surface area contributed by atoms with Crippen molar-refractivity contribution in [1.82, 2.24) is 0 Å². The lowest BCUT2D eigenvalue weighted by molar-refractivity contribution is 0.583. The maximum Gasteiger partial charge on any atom is 0.136 e. The van der Waals surface area contributed by atoms with Crippen molar-refractivity contribution in [2.24, 2.45) is 0 Å². The van der Waals surface area contributed by atoms with Gasteiger partial charge in [-0.3, -0.25) is 0 Å². The minimum absolute atomic E-state index is 0.840. The third-order valence-electron chi connectivity index (χ3n) is 1.95. The Labute approximate surface area is 81.0 Å². The number of nitrogens with two attached hydrogens (primary N) is 1. The van der Waals surface area contributed by atoms with Gasteiger partial charge in [-0.1, -0.05) is 6.92 Å². The highest BCUT2D eigenvalue weighted by Crippen LogP contribution is 2.34. The molecule has 2 rings (SSSR count). The lowest BCUT2D eigenvalue weighted by Gasteiger charge is -1.91. The Balaban J connectivity index is 2.46. The fraction of sp³-hybridized carbons (Fsp3) is 0.200. The molecule has 2 aromatic heterocycles. The smallest absolute Gasteiger partial charge is 0.136 e. The van der Waals surface area contributed by atoms with Crippen molar-refractivity contribution < 1.29 is 4.42 Å². The van der Waals surface area contributed by atoms with Crippen molar-refractivity contribution in [3.63, 3.8) is 0 Å². The molecule has 0 radical (unpaired) electrons. The first kappa shape index (κ1) is 8.38. The topological polar surface area (TPSA) is 39.2 Å². The number of aryl methyl sites for hydroxylation is 1. The summed E-state index contributed by atoms with van der Waals surface area (Å²) in [5.41, 5.74) is 6.89. The summed E-state index contributed by atoms with van der Waals surface area (Å²) in [7, 11) is 0. The number of anilines is 1. The van der Waals surface area contributed by atoms with E-state index in [4.69, 9.17) is 10.2 Å². The Morgan fingerprint density at radius 3 is 2.92 bits per heavy atom. The maximum atomic E-state index is 5.87. The summed E-state index contributed by atoms with van der Waals surface area (Å²) in [6, 6.07) is 5.90. The first-order valence-corrected chi connectivity index (χ1v) is 5.05. The van der Waals surface area contributed by atoms with Crippen LogP contribution in [-0.4, -0.2) is 0 Å². The molecule has 0 fully saturated rings. The molecule has 0 saturated carbocycles. The zero-order chi connectivity index (χ0) is 9.26. The van der Waals surface area contributed by atoms with Crippen LogP contribution < -0.4 is 5.73 Å². The van der Waals surface area contributed by atoms with Crippen LogP contribution in [0, 0.1) is 0 Å². The van der Waals surface area contributed by atoms with Gasteiger partial charge < -0.3 is 10.2 Å². The molecule has 68 valence electrons.